The predicted octanol–water partition coefficient (Wildman–Crippen LogP) is 3.94. The van der Waals surface area contributed by atoms with E-state index >= 15 is 0 Å². The molecule has 0 bridgehead atoms. The number of benzene rings is 1. The van der Waals surface area contributed by atoms with Crippen LogP contribution in [0.1, 0.15) is 38.8 Å². The molecule has 0 saturated carbocycles. The van der Waals surface area contributed by atoms with Gasteiger partial charge in [-0.1, -0.05) is 50.3 Å². The van der Waals surface area contributed by atoms with E-state index in [0.29, 0.717) is 0 Å². The number of fused-ring (bicyclic) bond motifs is 1. The van der Waals surface area contributed by atoms with E-state index in [9.17, 15) is 0 Å². The second-order valence-electron chi connectivity index (χ2n) is 3.87. The summed E-state index contributed by atoms with van der Waals surface area (Å²) >= 11 is 0. The lowest BCUT2D eigenvalue weighted by Gasteiger charge is -2.11. The molecule has 0 unspecified atom stereocenters. The van der Waals surface area contributed by atoms with Crippen LogP contribution in [0, 0.1) is 0 Å². The van der Waals surface area contributed by atoms with E-state index < -0.39 is 0 Å². The van der Waals surface area contributed by atoms with Crippen LogP contribution >= 0.6 is 0 Å². The Balaban J connectivity index is 0.000000531. The Labute approximate surface area is 92.6 Å². The Morgan fingerprint density at radius 1 is 1.00 bits per heavy atom. The van der Waals surface area contributed by atoms with E-state index in [4.69, 9.17) is 0 Å². The minimum absolute atomic E-state index is 0.0704. The molecule has 1 nitrogen and oxygen atoms in total. The first-order valence-corrected chi connectivity index (χ1v) is 5.51. The minimum atomic E-state index is -0.0704. The lowest BCUT2D eigenvalue weighted by molar-refractivity contribution is 0.665. The lowest BCUT2D eigenvalue weighted by atomic mass is 10.0. The molecular formula is C14H19N. The van der Waals surface area contributed by atoms with Crippen molar-refractivity contribution in [1.82, 2.24) is 0 Å². The van der Waals surface area contributed by atoms with Crippen molar-refractivity contribution in [2.45, 2.75) is 33.2 Å². The largest absolute Gasteiger partial charge is 0.282 e. The van der Waals surface area contributed by atoms with E-state index in [1.165, 1.54) is 11.1 Å². The second-order valence-corrected chi connectivity index (χ2v) is 3.87. The summed E-state index contributed by atoms with van der Waals surface area (Å²) in [4.78, 5) is 4.49. The quantitative estimate of drug-likeness (QED) is 0.603. The van der Waals surface area contributed by atoms with Gasteiger partial charge in [0.25, 0.3) is 0 Å². The normalized spacial score (nSPS) is 16.0. The predicted molar refractivity (Wildman–Crippen MR) is 68.5 cm³/mol. The van der Waals surface area contributed by atoms with Gasteiger partial charge >= 0.3 is 0 Å². The molecule has 0 N–H and O–H groups in total. The molecule has 0 aromatic heterocycles. The Kier molecular flexibility index (Phi) is 3.84. The summed E-state index contributed by atoms with van der Waals surface area (Å²) in [5, 5.41) is 0. The highest BCUT2D eigenvalue weighted by Crippen LogP contribution is 2.19. The zero-order chi connectivity index (χ0) is 11.3. The second kappa shape index (κ2) is 4.92. The van der Waals surface area contributed by atoms with Crippen LogP contribution in [0.2, 0.25) is 0 Å². The van der Waals surface area contributed by atoms with Crippen molar-refractivity contribution in [3.05, 3.63) is 41.5 Å². The number of hydrogen-bond donors (Lipinski definition) is 0. The van der Waals surface area contributed by atoms with Gasteiger partial charge in [0.1, 0.15) is 0 Å². The summed E-state index contributed by atoms with van der Waals surface area (Å²) in [5.41, 5.74) is 2.38. The monoisotopic (exact) mass is 201 g/mol. The van der Waals surface area contributed by atoms with Crippen molar-refractivity contribution in [2.75, 3.05) is 0 Å². The van der Waals surface area contributed by atoms with Crippen LogP contribution in [0.3, 0.4) is 0 Å². The van der Waals surface area contributed by atoms with Gasteiger partial charge in [0.2, 0.25) is 0 Å². The summed E-state index contributed by atoms with van der Waals surface area (Å²) in [6.45, 7) is 8.21. The van der Waals surface area contributed by atoms with Crippen LogP contribution in [0.25, 0.3) is 6.08 Å². The summed E-state index contributed by atoms with van der Waals surface area (Å²) in [7, 11) is 0. The van der Waals surface area contributed by atoms with E-state index in [-0.39, 0.29) is 5.54 Å². The summed E-state index contributed by atoms with van der Waals surface area (Å²) in [6.07, 6.45) is 6.23. The molecule has 0 atom stereocenters. The topological polar surface area (TPSA) is 12.4 Å². The van der Waals surface area contributed by atoms with Crippen LogP contribution in [-0.2, 0) is 0 Å². The zero-order valence-corrected chi connectivity index (χ0v) is 9.99. The van der Waals surface area contributed by atoms with Gasteiger partial charge in [0.05, 0.1) is 5.54 Å². The van der Waals surface area contributed by atoms with Crippen LogP contribution < -0.4 is 0 Å². The molecule has 0 radical (unpaired) electrons. The molecule has 0 fully saturated rings. The molecule has 1 aliphatic rings. The molecule has 1 heterocycles. The van der Waals surface area contributed by atoms with Gasteiger partial charge in [-0.3, -0.25) is 4.99 Å². The van der Waals surface area contributed by atoms with E-state index in [0.717, 1.165) is 0 Å². The standard InChI is InChI=1S/C12H13N.C2H6/c1-12(2)8-7-10-5-3-4-6-11(10)9-13-12;1-2/h3-9H,1-2H3;1-2H3. The van der Waals surface area contributed by atoms with Crippen LogP contribution in [0.5, 0.6) is 0 Å². The Morgan fingerprint density at radius 2 is 1.60 bits per heavy atom. The maximum absolute atomic E-state index is 4.49. The summed E-state index contributed by atoms with van der Waals surface area (Å²) < 4.78 is 0. The first-order valence-electron chi connectivity index (χ1n) is 5.51. The molecule has 0 saturated heterocycles. The van der Waals surface area contributed by atoms with E-state index in [2.05, 4.69) is 49.2 Å². The molecular weight excluding hydrogens is 182 g/mol. The lowest BCUT2D eigenvalue weighted by Crippen LogP contribution is -2.11. The molecule has 15 heavy (non-hydrogen) atoms. The van der Waals surface area contributed by atoms with E-state index in [1.807, 2.05) is 26.1 Å². The average Bonchev–Trinajstić information content (AvgIpc) is 2.42. The first-order chi connectivity index (χ1) is 7.17. The third kappa shape index (κ3) is 3.05. The molecule has 1 aliphatic heterocycles. The molecule has 80 valence electrons. The number of nitrogens with zero attached hydrogens (tertiary/aromatic N) is 1. The van der Waals surface area contributed by atoms with Crippen LogP contribution in [0.15, 0.2) is 35.3 Å². The summed E-state index contributed by atoms with van der Waals surface area (Å²) in [6, 6.07) is 8.29. The Bertz CT molecular complexity index is 338. The van der Waals surface area contributed by atoms with Crippen molar-refractivity contribution >= 4 is 12.3 Å². The highest BCUT2D eigenvalue weighted by molar-refractivity contribution is 5.87. The van der Waals surface area contributed by atoms with Gasteiger partial charge in [-0.2, -0.15) is 0 Å². The van der Waals surface area contributed by atoms with E-state index in [1.54, 1.807) is 0 Å². The van der Waals surface area contributed by atoms with Crippen molar-refractivity contribution in [3.63, 3.8) is 0 Å². The molecule has 0 amide bonds. The SMILES string of the molecule is CC.CC1(C)C=Cc2ccccc2C=N1. The van der Waals surface area contributed by atoms with Crippen molar-refractivity contribution in [2.24, 2.45) is 4.99 Å². The van der Waals surface area contributed by atoms with Crippen molar-refractivity contribution in [1.29, 1.82) is 0 Å². The molecule has 0 aliphatic carbocycles. The maximum atomic E-state index is 4.49. The van der Waals surface area contributed by atoms with Crippen molar-refractivity contribution in [3.8, 4) is 0 Å². The van der Waals surface area contributed by atoms with Gasteiger partial charge in [0.15, 0.2) is 0 Å². The average molecular weight is 201 g/mol. The third-order valence-electron chi connectivity index (χ3n) is 2.20. The van der Waals surface area contributed by atoms with Gasteiger partial charge in [-0.25, -0.2) is 0 Å². The summed E-state index contributed by atoms with van der Waals surface area (Å²) in [5.74, 6) is 0. The minimum Gasteiger partial charge on any atom is -0.282 e. The smallest absolute Gasteiger partial charge is 0.0735 e. The fraction of sp³-hybridized carbons (Fsp3) is 0.357. The fourth-order valence-electron chi connectivity index (χ4n) is 1.35. The molecule has 0 spiro atoms. The molecule has 1 aromatic rings. The number of rotatable bonds is 0. The van der Waals surface area contributed by atoms with Crippen LogP contribution in [-0.4, -0.2) is 11.8 Å². The Hall–Kier alpha value is -1.37. The first kappa shape index (κ1) is 11.7. The van der Waals surface area contributed by atoms with Crippen molar-refractivity contribution < 1.29 is 0 Å². The van der Waals surface area contributed by atoms with Gasteiger partial charge in [-0.05, 0) is 25.0 Å². The molecule has 1 heteroatoms. The highest BCUT2D eigenvalue weighted by atomic mass is 14.8. The Morgan fingerprint density at radius 3 is 2.27 bits per heavy atom. The van der Waals surface area contributed by atoms with Gasteiger partial charge in [0, 0.05) is 6.21 Å². The molecule has 2 rings (SSSR count). The maximum Gasteiger partial charge on any atom is 0.0735 e. The highest BCUT2D eigenvalue weighted by Gasteiger charge is 2.12. The number of hydrogen-bond acceptors (Lipinski definition) is 1. The third-order valence-corrected chi connectivity index (χ3v) is 2.20. The van der Waals surface area contributed by atoms with Gasteiger partial charge < -0.3 is 0 Å². The molecule has 1 aromatic carbocycles. The zero-order valence-electron chi connectivity index (χ0n) is 9.99. The van der Waals surface area contributed by atoms with Gasteiger partial charge in [-0.15, -0.1) is 0 Å². The van der Waals surface area contributed by atoms with Crippen LogP contribution in [0.4, 0.5) is 0 Å². The fourth-order valence-corrected chi connectivity index (χ4v) is 1.35. The number of aliphatic imine (C=N–C) groups is 1.